The molecular weight excluding hydrogens is 340 g/mol. The molecule has 4 rings (SSSR count). The lowest BCUT2D eigenvalue weighted by atomic mass is 10.1. The maximum absolute atomic E-state index is 12.5. The number of fused-ring (bicyclic) bond motifs is 1. The van der Waals surface area contributed by atoms with E-state index in [1.165, 1.54) is 17.3 Å². The van der Waals surface area contributed by atoms with Gasteiger partial charge in [-0.05, 0) is 25.0 Å². The Morgan fingerprint density at radius 3 is 2.42 bits per heavy atom. The van der Waals surface area contributed by atoms with Gasteiger partial charge in [-0.1, -0.05) is 0 Å². The van der Waals surface area contributed by atoms with Crippen LogP contribution in [0.25, 0.3) is 10.9 Å². The van der Waals surface area contributed by atoms with Crippen molar-refractivity contribution in [1.82, 2.24) is 9.58 Å². The van der Waals surface area contributed by atoms with Crippen molar-refractivity contribution in [3.63, 3.8) is 0 Å². The van der Waals surface area contributed by atoms with Crippen LogP contribution in [0.4, 0.5) is 5.69 Å². The smallest absolute Gasteiger partial charge is 0.341 e. The molecule has 0 atom stereocenters. The average Bonchev–Trinajstić information content (AvgIpc) is 3.47. The summed E-state index contributed by atoms with van der Waals surface area (Å²) in [7, 11) is 0. The first-order chi connectivity index (χ1) is 12.5. The number of hydrogen-bond donors (Lipinski definition) is 2. The molecule has 0 bridgehead atoms. The Kier molecular flexibility index (Phi) is 3.78. The topological polar surface area (TPSA) is 115 Å². The van der Waals surface area contributed by atoms with Gasteiger partial charge in [0.2, 0.25) is 5.43 Å². The van der Waals surface area contributed by atoms with Crippen LogP contribution in [0.5, 0.6) is 5.75 Å². The van der Waals surface area contributed by atoms with E-state index in [1.54, 1.807) is 6.07 Å². The number of phenols is 1. The van der Waals surface area contributed by atoms with Gasteiger partial charge in [-0.2, -0.15) is 0 Å². The lowest BCUT2D eigenvalue weighted by Crippen LogP contribution is -2.44. The van der Waals surface area contributed by atoms with Crippen molar-refractivity contribution in [2.45, 2.75) is 18.9 Å². The Morgan fingerprint density at radius 1 is 1.15 bits per heavy atom. The van der Waals surface area contributed by atoms with Gasteiger partial charge in [-0.15, -0.1) is 4.91 Å². The van der Waals surface area contributed by atoms with Crippen LogP contribution >= 0.6 is 0 Å². The number of aromatic carboxylic acids is 1. The average molecular weight is 358 g/mol. The first-order valence-corrected chi connectivity index (χ1v) is 8.48. The number of carbonyl (C=O) groups is 1. The highest BCUT2D eigenvalue weighted by atomic mass is 16.4. The maximum Gasteiger partial charge on any atom is 0.341 e. The van der Waals surface area contributed by atoms with Gasteiger partial charge < -0.3 is 19.7 Å². The molecule has 2 heterocycles. The lowest BCUT2D eigenvalue weighted by molar-refractivity contribution is 0.0695. The van der Waals surface area contributed by atoms with E-state index in [1.807, 2.05) is 9.47 Å². The molecule has 2 N–H and O–H groups in total. The highest BCUT2D eigenvalue weighted by Gasteiger charge is 2.28. The van der Waals surface area contributed by atoms with E-state index in [4.69, 9.17) is 0 Å². The van der Waals surface area contributed by atoms with Crippen LogP contribution in [-0.2, 0) is 0 Å². The lowest BCUT2D eigenvalue weighted by Gasteiger charge is -2.33. The van der Waals surface area contributed by atoms with Gasteiger partial charge in [-0.25, -0.2) is 4.79 Å². The molecule has 2 aliphatic rings. The summed E-state index contributed by atoms with van der Waals surface area (Å²) in [6.45, 7) is 1.94. The van der Waals surface area contributed by atoms with Gasteiger partial charge in [0.25, 0.3) is 0 Å². The van der Waals surface area contributed by atoms with Crippen molar-refractivity contribution >= 4 is 22.6 Å². The van der Waals surface area contributed by atoms with E-state index in [-0.39, 0.29) is 22.7 Å². The van der Waals surface area contributed by atoms with Crippen LogP contribution in [0.2, 0.25) is 0 Å². The number of aromatic hydroxyl groups is 1. The summed E-state index contributed by atoms with van der Waals surface area (Å²) < 4.78 is 1.83. The number of phenolic OH excluding ortho intramolecular Hbond substituents is 1. The number of nitroso groups, excluding NO2 is 1. The fourth-order valence-corrected chi connectivity index (χ4v) is 3.45. The number of carboxylic acids is 1. The Morgan fingerprint density at radius 2 is 1.85 bits per heavy atom. The highest BCUT2D eigenvalue weighted by Crippen LogP contribution is 2.39. The molecular formula is C17H18N4O5. The number of benzene rings is 1. The minimum atomic E-state index is -1.27. The molecule has 1 aliphatic carbocycles. The number of pyridine rings is 1. The molecule has 2 fully saturated rings. The SMILES string of the molecule is O=NN1CCN(c2cc3c(cc2O)c(=O)c(C(=O)O)cn3C2CC2)CC1. The third-order valence-corrected chi connectivity index (χ3v) is 5.01. The van der Waals surface area contributed by atoms with Gasteiger partial charge in [0, 0.05) is 25.3 Å². The second kappa shape index (κ2) is 6.01. The summed E-state index contributed by atoms with van der Waals surface area (Å²) in [5.41, 5.74) is 0.301. The van der Waals surface area contributed by atoms with Crippen LogP contribution in [0.3, 0.4) is 0 Å². The molecule has 2 aromatic rings. The predicted octanol–water partition coefficient (Wildman–Crippen LogP) is 1.54. The molecule has 0 amide bonds. The summed E-state index contributed by atoms with van der Waals surface area (Å²) >= 11 is 0. The number of carboxylic acid groups (broad SMARTS) is 1. The van der Waals surface area contributed by atoms with Crippen molar-refractivity contribution in [3.8, 4) is 5.75 Å². The molecule has 0 unspecified atom stereocenters. The first kappa shape index (κ1) is 16.4. The molecule has 0 radical (unpaired) electrons. The third kappa shape index (κ3) is 2.65. The Balaban J connectivity index is 1.85. The zero-order chi connectivity index (χ0) is 18.4. The van der Waals surface area contributed by atoms with Crippen LogP contribution < -0.4 is 10.3 Å². The van der Waals surface area contributed by atoms with Crippen molar-refractivity contribution in [2.24, 2.45) is 5.29 Å². The number of anilines is 1. The first-order valence-electron chi connectivity index (χ1n) is 8.48. The molecule has 9 heteroatoms. The van der Waals surface area contributed by atoms with E-state index in [9.17, 15) is 24.7 Å². The van der Waals surface area contributed by atoms with Crippen LogP contribution in [0, 0.1) is 4.91 Å². The van der Waals surface area contributed by atoms with Crippen LogP contribution in [-0.4, -0.2) is 51.9 Å². The largest absolute Gasteiger partial charge is 0.506 e. The molecule has 1 saturated carbocycles. The van der Waals surface area contributed by atoms with Crippen molar-refractivity contribution in [2.75, 3.05) is 31.1 Å². The number of nitrogens with zero attached hydrogens (tertiary/aromatic N) is 4. The van der Waals surface area contributed by atoms with Crippen molar-refractivity contribution in [3.05, 3.63) is 39.0 Å². The number of hydrogen-bond acceptors (Lipinski definition) is 6. The predicted molar refractivity (Wildman–Crippen MR) is 94.7 cm³/mol. The zero-order valence-electron chi connectivity index (χ0n) is 14.0. The van der Waals surface area contributed by atoms with E-state index in [0.29, 0.717) is 37.4 Å². The van der Waals surface area contributed by atoms with Crippen molar-refractivity contribution < 1.29 is 15.0 Å². The number of aromatic nitrogens is 1. The van der Waals surface area contributed by atoms with E-state index >= 15 is 0 Å². The van der Waals surface area contributed by atoms with E-state index in [0.717, 1.165) is 12.8 Å². The molecule has 26 heavy (non-hydrogen) atoms. The third-order valence-electron chi connectivity index (χ3n) is 5.01. The van der Waals surface area contributed by atoms with Crippen molar-refractivity contribution in [1.29, 1.82) is 0 Å². The van der Waals surface area contributed by atoms with Gasteiger partial charge in [0.1, 0.15) is 11.3 Å². The second-order valence-electron chi connectivity index (χ2n) is 6.70. The summed E-state index contributed by atoms with van der Waals surface area (Å²) in [6.07, 6.45) is 3.26. The van der Waals surface area contributed by atoms with E-state index < -0.39 is 11.4 Å². The molecule has 1 aliphatic heterocycles. The summed E-state index contributed by atoms with van der Waals surface area (Å²) in [6, 6.07) is 3.26. The monoisotopic (exact) mass is 358 g/mol. The zero-order valence-corrected chi connectivity index (χ0v) is 14.0. The maximum atomic E-state index is 12.5. The van der Waals surface area contributed by atoms with Gasteiger partial charge in [-0.3, -0.25) is 9.80 Å². The van der Waals surface area contributed by atoms with Crippen LogP contribution in [0.15, 0.2) is 28.4 Å². The standard InChI is InChI=1S/C17H18N4O5/c22-15-7-11-13(8-14(15)19-3-5-20(18-26)6-4-19)21(10-1-2-10)9-12(16(11)23)17(24)25/h7-10,22H,1-6H2,(H,24,25). The second-order valence-corrected chi connectivity index (χ2v) is 6.70. The van der Waals surface area contributed by atoms with Gasteiger partial charge in [0.15, 0.2) is 0 Å². The highest BCUT2D eigenvalue weighted by molar-refractivity contribution is 5.94. The fraction of sp³-hybridized carbons (Fsp3) is 0.412. The Labute approximate surface area is 148 Å². The molecule has 1 saturated heterocycles. The number of rotatable bonds is 4. The molecule has 136 valence electrons. The molecule has 1 aromatic heterocycles. The van der Waals surface area contributed by atoms with Gasteiger partial charge in [0.05, 0.1) is 35.0 Å². The quantitative estimate of drug-likeness (QED) is 0.797. The Hall–Kier alpha value is -3.10. The fourth-order valence-electron chi connectivity index (χ4n) is 3.45. The minimum absolute atomic E-state index is 0.0769. The molecule has 0 spiro atoms. The summed E-state index contributed by atoms with van der Waals surface area (Å²) in [5.74, 6) is -1.35. The van der Waals surface area contributed by atoms with Gasteiger partial charge >= 0.3 is 5.97 Å². The molecule has 1 aromatic carbocycles. The minimum Gasteiger partial charge on any atom is -0.506 e. The number of piperazine rings is 1. The van der Waals surface area contributed by atoms with E-state index in [2.05, 4.69) is 5.29 Å². The summed E-state index contributed by atoms with van der Waals surface area (Å²) in [5, 5.41) is 24.3. The normalized spacial score (nSPS) is 17.5. The molecule has 9 nitrogen and oxygen atoms in total. The van der Waals surface area contributed by atoms with Crippen LogP contribution in [0.1, 0.15) is 29.2 Å². The Bertz CT molecular complexity index is 958. The summed E-state index contributed by atoms with van der Waals surface area (Å²) in [4.78, 5) is 36.5.